The van der Waals surface area contributed by atoms with Crippen LogP contribution < -0.4 is 5.32 Å². The van der Waals surface area contributed by atoms with Crippen LogP contribution in [0.25, 0.3) is 0 Å². The number of halogens is 1. The van der Waals surface area contributed by atoms with Gasteiger partial charge in [-0.2, -0.15) is 0 Å². The van der Waals surface area contributed by atoms with Gasteiger partial charge in [0.15, 0.2) is 0 Å². The number of hydrogen-bond acceptors (Lipinski definition) is 2. The molecule has 2 N–H and O–H groups in total. The molecule has 0 unspecified atom stereocenters. The van der Waals surface area contributed by atoms with Gasteiger partial charge >= 0.3 is 0 Å². The van der Waals surface area contributed by atoms with Crippen LogP contribution >= 0.6 is 11.6 Å². The minimum absolute atomic E-state index is 0.00628. The molecule has 1 saturated carbocycles. The average molecular weight is 226 g/mol. The molecule has 0 atom stereocenters. The molecule has 0 aliphatic heterocycles. The maximum atomic E-state index is 11.7. The normalized spacial score (nSPS) is 17.2. The minimum Gasteiger partial charge on any atom is -0.394 e. The van der Waals surface area contributed by atoms with Gasteiger partial charge in [-0.05, 0) is 37.1 Å². The van der Waals surface area contributed by atoms with Gasteiger partial charge in [0.1, 0.15) is 0 Å². The highest BCUT2D eigenvalue weighted by molar-refractivity contribution is 6.30. The third-order valence-corrected chi connectivity index (χ3v) is 2.89. The highest BCUT2D eigenvalue weighted by Gasteiger charge is 2.43. The molecule has 0 aromatic heterocycles. The van der Waals surface area contributed by atoms with Crippen molar-refractivity contribution < 1.29 is 9.90 Å². The smallest absolute Gasteiger partial charge is 0.251 e. The van der Waals surface area contributed by atoms with Crippen molar-refractivity contribution in [1.82, 2.24) is 5.32 Å². The SMILES string of the molecule is O=C(NC1(CO)CC1)c1ccc(Cl)cc1. The van der Waals surface area contributed by atoms with Crippen molar-refractivity contribution in [3.8, 4) is 0 Å². The van der Waals surface area contributed by atoms with Crippen molar-refractivity contribution >= 4 is 17.5 Å². The molecule has 1 fully saturated rings. The highest BCUT2D eigenvalue weighted by Crippen LogP contribution is 2.34. The lowest BCUT2D eigenvalue weighted by atomic mass is 10.2. The molecule has 1 amide bonds. The topological polar surface area (TPSA) is 49.3 Å². The quantitative estimate of drug-likeness (QED) is 0.821. The lowest BCUT2D eigenvalue weighted by molar-refractivity contribution is 0.0907. The Morgan fingerprint density at radius 2 is 2.00 bits per heavy atom. The van der Waals surface area contributed by atoms with E-state index in [1.54, 1.807) is 24.3 Å². The second-order valence-electron chi connectivity index (χ2n) is 3.90. The van der Waals surface area contributed by atoms with Crippen LogP contribution in [0.15, 0.2) is 24.3 Å². The fourth-order valence-electron chi connectivity index (χ4n) is 1.39. The summed E-state index contributed by atoms with van der Waals surface area (Å²) in [4.78, 5) is 11.7. The fourth-order valence-corrected chi connectivity index (χ4v) is 1.51. The summed E-state index contributed by atoms with van der Waals surface area (Å²) in [5, 5.41) is 12.5. The van der Waals surface area contributed by atoms with Crippen molar-refractivity contribution in [2.75, 3.05) is 6.61 Å². The Morgan fingerprint density at radius 1 is 1.40 bits per heavy atom. The zero-order valence-electron chi connectivity index (χ0n) is 8.16. The van der Waals surface area contributed by atoms with Gasteiger partial charge in [-0.3, -0.25) is 4.79 Å². The lowest BCUT2D eigenvalue weighted by Gasteiger charge is -2.13. The average Bonchev–Trinajstić information content (AvgIpc) is 2.99. The number of aliphatic hydroxyl groups excluding tert-OH is 1. The Balaban J connectivity index is 2.05. The van der Waals surface area contributed by atoms with Gasteiger partial charge in [0.25, 0.3) is 5.91 Å². The molecule has 2 rings (SSSR count). The predicted molar refractivity (Wildman–Crippen MR) is 58.0 cm³/mol. The van der Waals surface area contributed by atoms with E-state index in [0.29, 0.717) is 10.6 Å². The zero-order chi connectivity index (χ0) is 10.9. The first-order chi connectivity index (χ1) is 7.15. The number of aliphatic hydroxyl groups is 1. The summed E-state index contributed by atoms with van der Waals surface area (Å²) in [5.41, 5.74) is 0.204. The van der Waals surface area contributed by atoms with E-state index in [9.17, 15) is 4.79 Å². The van der Waals surface area contributed by atoms with Crippen LogP contribution in [0.3, 0.4) is 0 Å². The van der Waals surface area contributed by atoms with Crippen LogP contribution in [0.4, 0.5) is 0 Å². The van der Waals surface area contributed by atoms with Crippen molar-refractivity contribution in [3.05, 3.63) is 34.9 Å². The van der Waals surface area contributed by atoms with E-state index < -0.39 is 0 Å². The first kappa shape index (κ1) is 10.5. The molecule has 1 aliphatic rings. The second kappa shape index (κ2) is 3.83. The molecule has 0 radical (unpaired) electrons. The predicted octanol–water partition coefficient (Wildman–Crippen LogP) is 1.59. The first-order valence-corrected chi connectivity index (χ1v) is 5.22. The third kappa shape index (κ3) is 2.30. The summed E-state index contributed by atoms with van der Waals surface area (Å²) in [6, 6.07) is 6.69. The van der Waals surface area contributed by atoms with E-state index in [1.165, 1.54) is 0 Å². The second-order valence-corrected chi connectivity index (χ2v) is 4.34. The maximum Gasteiger partial charge on any atom is 0.251 e. The number of carbonyl (C=O) groups is 1. The summed E-state index contributed by atoms with van der Waals surface area (Å²) in [6.07, 6.45) is 1.70. The number of amides is 1. The summed E-state index contributed by atoms with van der Waals surface area (Å²) in [6.45, 7) is 0.00628. The third-order valence-electron chi connectivity index (χ3n) is 2.64. The zero-order valence-corrected chi connectivity index (χ0v) is 8.92. The maximum absolute atomic E-state index is 11.7. The monoisotopic (exact) mass is 225 g/mol. The van der Waals surface area contributed by atoms with E-state index in [2.05, 4.69) is 5.32 Å². The van der Waals surface area contributed by atoms with Crippen molar-refractivity contribution in [2.24, 2.45) is 0 Å². The van der Waals surface area contributed by atoms with E-state index in [4.69, 9.17) is 16.7 Å². The summed E-state index contributed by atoms with van der Waals surface area (Å²) >= 11 is 5.72. The molecule has 4 heteroatoms. The Morgan fingerprint density at radius 3 is 2.47 bits per heavy atom. The molecule has 0 bridgehead atoms. The van der Waals surface area contributed by atoms with Crippen LogP contribution in [0, 0.1) is 0 Å². The fraction of sp³-hybridized carbons (Fsp3) is 0.364. The number of hydrogen-bond donors (Lipinski definition) is 2. The molecular formula is C11H12ClNO2. The molecular weight excluding hydrogens is 214 g/mol. The molecule has 1 aromatic rings. The van der Waals surface area contributed by atoms with Gasteiger partial charge in [-0.1, -0.05) is 11.6 Å². The Hall–Kier alpha value is -1.06. The molecule has 15 heavy (non-hydrogen) atoms. The van der Waals surface area contributed by atoms with Crippen LogP contribution in [-0.4, -0.2) is 23.2 Å². The first-order valence-electron chi connectivity index (χ1n) is 4.84. The summed E-state index contributed by atoms with van der Waals surface area (Å²) in [7, 11) is 0. The van der Waals surface area contributed by atoms with Crippen LogP contribution in [-0.2, 0) is 0 Å². The van der Waals surface area contributed by atoms with Crippen molar-refractivity contribution in [1.29, 1.82) is 0 Å². The van der Waals surface area contributed by atoms with Gasteiger partial charge < -0.3 is 10.4 Å². The van der Waals surface area contributed by atoms with E-state index >= 15 is 0 Å². The van der Waals surface area contributed by atoms with Gasteiger partial charge in [-0.25, -0.2) is 0 Å². The number of rotatable bonds is 3. The van der Waals surface area contributed by atoms with Gasteiger partial charge in [-0.15, -0.1) is 0 Å². The van der Waals surface area contributed by atoms with E-state index in [0.717, 1.165) is 12.8 Å². The standard InChI is InChI=1S/C11H12ClNO2/c12-9-3-1-8(2-4-9)10(15)13-11(7-14)5-6-11/h1-4,14H,5-7H2,(H,13,15). The molecule has 1 aliphatic carbocycles. The van der Waals surface area contributed by atoms with Gasteiger partial charge in [0.05, 0.1) is 12.1 Å². The molecule has 1 aromatic carbocycles. The number of nitrogens with one attached hydrogen (secondary N) is 1. The van der Waals surface area contributed by atoms with Crippen LogP contribution in [0.5, 0.6) is 0 Å². The van der Waals surface area contributed by atoms with Crippen molar-refractivity contribution in [3.63, 3.8) is 0 Å². The van der Waals surface area contributed by atoms with Gasteiger partial charge in [0, 0.05) is 10.6 Å². The molecule has 3 nitrogen and oxygen atoms in total. The minimum atomic E-state index is -0.364. The van der Waals surface area contributed by atoms with Crippen LogP contribution in [0.2, 0.25) is 5.02 Å². The lowest BCUT2D eigenvalue weighted by Crippen LogP contribution is -2.39. The Kier molecular flexibility index (Phi) is 2.67. The largest absolute Gasteiger partial charge is 0.394 e. The van der Waals surface area contributed by atoms with Crippen molar-refractivity contribution in [2.45, 2.75) is 18.4 Å². The van der Waals surface area contributed by atoms with E-state index in [1.807, 2.05) is 0 Å². The highest BCUT2D eigenvalue weighted by atomic mass is 35.5. The van der Waals surface area contributed by atoms with Gasteiger partial charge in [0.2, 0.25) is 0 Å². The van der Waals surface area contributed by atoms with E-state index in [-0.39, 0.29) is 18.1 Å². The Labute approximate surface area is 93.1 Å². The Bertz CT molecular complexity index is 371. The molecule has 80 valence electrons. The summed E-state index contributed by atoms with van der Waals surface area (Å²) in [5.74, 6) is -0.154. The summed E-state index contributed by atoms with van der Waals surface area (Å²) < 4.78 is 0. The molecule has 0 saturated heterocycles. The number of benzene rings is 1. The number of carbonyl (C=O) groups excluding carboxylic acids is 1. The molecule has 0 spiro atoms. The molecule has 0 heterocycles. The van der Waals surface area contributed by atoms with Crippen LogP contribution in [0.1, 0.15) is 23.2 Å².